The van der Waals surface area contributed by atoms with E-state index in [1.54, 1.807) is 6.07 Å². The molecule has 2 heterocycles. The fraction of sp³-hybridized carbons (Fsp3) is 0.458. The Balaban J connectivity index is 0.000000581. The number of piperidine rings is 2. The Morgan fingerprint density at radius 3 is 1.38 bits per heavy atom. The molecule has 0 spiro atoms. The normalized spacial score (nSPS) is 16.4. The van der Waals surface area contributed by atoms with Gasteiger partial charge in [-0.2, -0.15) is 26.4 Å². The standard InChI is InChI=1S/C11H13Cl2NO2S.C11H14ClN.C2H3N.Cl2O2S.ClH/c12-11-3-1-9(2-4-11)10-5-7-14(8-6-10)17(13,15)16;12-11-3-1-9(2-4-11)10-5-7-13-8-6-10;1-2-3;1-5(2,3)4;/h1-4,10H,5-8H2;1-4,10,13H,5-8H2;1H3;;1H. The van der Waals surface area contributed by atoms with Crippen LogP contribution in [-0.2, 0) is 17.5 Å². The zero-order valence-electron chi connectivity index (χ0n) is 21.1. The second-order valence-corrected chi connectivity index (χ2v) is 15.4. The lowest BCUT2D eigenvalue weighted by molar-refractivity contribution is 0.325. The Morgan fingerprint density at radius 2 is 1.08 bits per heavy atom. The summed E-state index contributed by atoms with van der Waals surface area (Å²) < 4.78 is 41.9. The average molecular weight is 702 g/mol. The van der Waals surface area contributed by atoms with Crippen LogP contribution in [0, 0.1) is 11.3 Å². The van der Waals surface area contributed by atoms with Gasteiger partial charge in [-0.15, -0.1) is 12.4 Å². The van der Waals surface area contributed by atoms with Gasteiger partial charge >= 0.3 is 8.26 Å². The topological polar surface area (TPSA) is 107 Å². The lowest BCUT2D eigenvalue weighted by Crippen LogP contribution is -2.35. The van der Waals surface area contributed by atoms with E-state index >= 15 is 0 Å². The zero-order chi connectivity index (χ0) is 28.8. The third-order valence-corrected chi connectivity index (χ3v) is 7.86. The summed E-state index contributed by atoms with van der Waals surface area (Å²) in [7, 11) is 6.57. The fourth-order valence-electron chi connectivity index (χ4n) is 4.03. The zero-order valence-corrected chi connectivity index (χ0v) is 27.3. The molecule has 1 N–H and O–H groups in total. The Bertz CT molecular complexity index is 1200. The van der Waals surface area contributed by atoms with E-state index in [-0.39, 0.29) is 12.4 Å². The van der Waals surface area contributed by atoms with Gasteiger partial charge in [0.2, 0.25) is 0 Å². The molecular weight excluding hydrogens is 671 g/mol. The van der Waals surface area contributed by atoms with Crippen molar-refractivity contribution >= 4 is 85.2 Å². The van der Waals surface area contributed by atoms with E-state index in [4.69, 9.17) is 47.6 Å². The van der Waals surface area contributed by atoms with Gasteiger partial charge < -0.3 is 5.32 Å². The third kappa shape index (κ3) is 17.8. The maximum atomic E-state index is 11.1. The number of rotatable bonds is 3. The largest absolute Gasteiger partial charge is 0.317 e. The van der Waals surface area contributed by atoms with Crippen LogP contribution in [0.2, 0.25) is 10.0 Å². The van der Waals surface area contributed by atoms with Crippen molar-refractivity contribution in [3.63, 3.8) is 0 Å². The summed E-state index contributed by atoms with van der Waals surface area (Å²) in [5.41, 5.74) is 2.65. The summed E-state index contributed by atoms with van der Waals surface area (Å²) in [6.07, 6.45) is 4.10. The molecule has 2 fully saturated rings. The number of nitrogens with zero attached hydrogens (tertiary/aromatic N) is 2. The first kappa shape index (κ1) is 38.5. The first-order valence-electron chi connectivity index (χ1n) is 11.6. The predicted molar refractivity (Wildman–Crippen MR) is 165 cm³/mol. The number of halogens is 6. The molecular formula is C24H31Cl6N3O4S2. The molecule has 0 bridgehead atoms. The lowest BCUT2D eigenvalue weighted by atomic mass is 9.90. The number of benzene rings is 2. The molecule has 2 aliphatic rings. The van der Waals surface area contributed by atoms with E-state index < -0.39 is 17.5 Å². The summed E-state index contributed by atoms with van der Waals surface area (Å²) in [6, 6.07) is 17.7. The van der Waals surface area contributed by atoms with Crippen LogP contribution in [0.1, 0.15) is 55.6 Å². The quantitative estimate of drug-likeness (QED) is 0.333. The molecule has 0 atom stereocenters. The van der Waals surface area contributed by atoms with Gasteiger partial charge in [0, 0.05) is 62.1 Å². The molecule has 220 valence electrons. The lowest BCUT2D eigenvalue weighted by Gasteiger charge is -2.29. The number of hydrogen-bond acceptors (Lipinski definition) is 6. The highest BCUT2D eigenvalue weighted by molar-refractivity contribution is 8.31. The Labute approximate surface area is 261 Å². The van der Waals surface area contributed by atoms with Crippen molar-refractivity contribution in [2.45, 2.75) is 44.4 Å². The second-order valence-electron chi connectivity index (χ2n) is 8.34. The minimum Gasteiger partial charge on any atom is -0.317 e. The van der Waals surface area contributed by atoms with Crippen molar-refractivity contribution in [1.82, 2.24) is 9.62 Å². The van der Waals surface area contributed by atoms with Crippen LogP contribution in [0.3, 0.4) is 0 Å². The maximum absolute atomic E-state index is 11.1. The van der Waals surface area contributed by atoms with Gasteiger partial charge in [0.25, 0.3) is 9.24 Å². The molecule has 0 radical (unpaired) electrons. The predicted octanol–water partition coefficient (Wildman–Crippen LogP) is 7.47. The Morgan fingerprint density at radius 1 is 0.769 bits per heavy atom. The van der Waals surface area contributed by atoms with Crippen LogP contribution in [-0.4, -0.2) is 47.3 Å². The highest BCUT2D eigenvalue weighted by atomic mass is 36.0. The minimum atomic E-state index is -3.72. The van der Waals surface area contributed by atoms with Gasteiger partial charge in [0.05, 0.1) is 6.07 Å². The van der Waals surface area contributed by atoms with Crippen LogP contribution in [0.5, 0.6) is 0 Å². The van der Waals surface area contributed by atoms with Crippen molar-refractivity contribution < 1.29 is 16.8 Å². The van der Waals surface area contributed by atoms with Crippen LogP contribution in [0.4, 0.5) is 0 Å². The summed E-state index contributed by atoms with van der Waals surface area (Å²) in [5, 5.41) is 12.2. The van der Waals surface area contributed by atoms with Gasteiger partial charge in [0.15, 0.2) is 0 Å². The molecule has 2 saturated heterocycles. The highest BCUT2D eigenvalue weighted by Gasteiger charge is 2.27. The molecule has 15 heteroatoms. The van der Waals surface area contributed by atoms with Gasteiger partial charge in [-0.05, 0) is 86.0 Å². The molecule has 0 unspecified atom stereocenters. The van der Waals surface area contributed by atoms with Gasteiger partial charge in [0.1, 0.15) is 0 Å². The SMILES string of the molecule is CC#N.Cl.Clc1ccc(C2CCNCC2)cc1.O=S(=O)(Cl)Cl.O=S(=O)(Cl)N1CCC(c2ccc(Cl)cc2)CC1. The maximum Gasteiger partial charge on any atom is 0.317 e. The Hall–Kier alpha value is -0.510. The summed E-state index contributed by atoms with van der Waals surface area (Å²) in [6.45, 7) is 4.69. The Kier molecular flexibility index (Phi) is 19.3. The van der Waals surface area contributed by atoms with Crippen LogP contribution in [0.15, 0.2) is 48.5 Å². The first-order valence-corrected chi connectivity index (χ1v) is 17.8. The summed E-state index contributed by atoms with van der Waals surface area (Å²) in [5.74, 6) is 1.13. The number of nitrogens with one attached hydrogen (secondary N) is 1. The van der Waals surface area contributed by atoms with E-state index in [1.807, 2.05) is 36.4 Å². The van der Waals surface area contributed by atoms with Gasteiger partial charge in [-0.25, -0.2) is 0 Å². The third-order valence-electron chi connectivity index (χ3n) is 5.78. The molecule has 0 aliphatic carbocycles. The minimum absolute atomic E-state index is 0. The second kappa shape index (κ2) is 19.6. The van der Waals surface area contributed by atoms with E-state index in [0.717, 1.165) is 41.9 Å². The monoisotopic (exact) mass is 699 g/mol. The molecule has 39 heavy (non-hydrogen) atoms. The van der Waals surface area contributed by atoms with Crippen molar-refractivity contribution in [2.75, 3.05) is 26.2 Å². The average Bonchev–Trinajstić information content (AvgIpc) is 2.85. The first-order chi connectivity index (χ1) is 17.7. The van der Waals surface area contributed by atoms with Crippen LogP contribution < -0.4 is 5.32 Å². The van der Waals surface area contributed by atoms with E-state index in [1.165, 1.54) is 35.2 Å². The van der Waals surface area contributed by atoms with Crippen molar-refractivity contribution in [1.29, 1.82) is 5.26 Å². The highest BCUT2D eigenvalue weighted by Crippen LogP contribution is 2.30. The van der Waals surface area contributed by atoms with E-state index in [0.29, 0.717) is 19.0 Å². The number of nitriles is 1. The number of hydrogen-bond donors (Lipinski definition) is 1. The smallest absolute Gasteiger partial charge is 0.317 e. The van der Waals surface area contributed by atoms with E-state index in [9.17, 15) is 8.42 Å². The summed E-state index contributed by atoms with van der Waals surface area (Å²) >= 11 is 11.7. The molecule has 7 nitrogen and oxygen atoms in total. The molecule has 2 aromatic carbocycles. The molecule has 2 aliphatic heterocycles. The fourth-order valence-corrected chi connectivity index (χ4v) is 5.35. The van der Waals surface area contributed by atoms with Gasteiger partial charge in [-0.3, -0.25) is 0 Å². The van der Waals surface area contributed by atoms with Crippen LogP contribution >= 0.6 is 67.7 Å². The molecule has 2 aromatic rings. The molecule has 4 rings (SSSR count). The van der Waals surface area contributed by atoms with Crippen molar-refractivity contribution in [3.05, 3.63) is 69.7 Å². The van der Waals surface area contributed by atoms with E-state index in [2.05, 4.69) is 38.8 Å². The van der Waals surface area contributed by atoms with Crippen molar-refractivity contribution in [2.24, 2.45) is 0 Å². The molecule has 0 amide bonds. The molecule has 0 saturated carbocycles. The van der Waals surface area contributed by atoms with Crippen LogP contribution in [0.25, 0.3) is 0 Å². The van der Waals surface area contributed by atoms with Gasteiger partial charge in [-0.1, -0.05) is 47.5 Å². The molecule has 0 aromatic heterocycles. The summed E-state index contributed by atoms with van der Waals surface area (Å²) in [4.78, 5) is 0. The van der Waals surface area contributed by atoms with Crippen molar-refractivity contribution in [3.8, 4) is 6.07 Å².